The molecule has 0 spiro atoms. The number of hydrogen-bond donors (Lipinski definition) is 1. The lowest BCUT2D eigenvalue weighted by Gasteiger charge is -2.10. The van der Waals surface area contributed by atoms with Gasteiger partial charge in [-0.2, -0.15) is 0 Å². The first kappa shape index (κ1) is 12.3. The average molecular weight is 259 g/mol. The molecule has 5 nitrogen and oxygen atoms in total. The zero-order valence-corrected chi connectivity index (χ0v) is 10.9. The first-order valence-corrected chi connectivity index (χ1v) is 6.50. The van der Waals surface area contributed by atoms with Gasteiger partial charge in [0, 0.05) is 18.7 Å². The van der Waals surface area contributed by atoms with E-state index in [0.717, 1.165) is 18.5 Å². The molecule has 1 N–H and O–H groups in total. The number of hydrogen-bond acceptors (Lipinski definition) is 5. The summed E-state index contributed by atoms with van der Waals surface area (Å²) >= 11 is 0. The zero-order valence-electron chi connectivity index (χ0n) is 10.9. The van der Waals surface area contributed by atoms with Crippen LogP contribution in [0.2, 0.25) is 0 Å². The third-order valence-corrected chi connectivity index (χ3v) is 3.34. The van der Waals surface area contributed by atoms with E-state index in [0.29, 0.717) is 24.9 Å². The standard InChI is InChI=1S/C14H17N3O2/c1-10-3-2-4-11(7-10)14-16-15-13(19-14)9-17-6-5-12(18)8-17/h2-4,7,12,18H,5-6,8-9H2,1H3/t12-/m1/s1. The maximum absolute atomic E-state index is 9.48. The highest BCUT2D eigenvalue weighted by atomic mass is 16.4. The minimum atomic E-state index is -0.223. The van der Waals surface area contributed by atoms with E-state index in [9.17, 15) is 5.11 Å². The summed E-state index contributed by atoms with van der Waals surface area (Å²) in [5.74, 6) is 1.16. The molecule has 0 amide bonds. The van der Waals surface area contributed by atoms with Gasteiger partial charge in [-0.25, -0.2) is 0 Å². The van der Waals surface area contributed by atoms with Crippen LogP contribution in [-0.2, 0) is 6.54 Å². The normalized spacial score (nSPS) is 20.0. The lowest BCUT2D eigenvalue weighted by Crippen LogP contribution is -2.21. The highest BCUT2D eigenvalue weighted by Gasteiger charge is 2.22. The van der Waals surface area contributed by atoms with E-state index in [4.69, 9.17) is 4.42 Å². The monoisotopic (exact) mass is 259 g/mol. The Hall–Kier alpha value is -1.72. The van der Waals surface area contributed by atoms with E-state index >= 15 is 0 Å². The summed E-state index contributed by atoms with van der Waals surface area (Å²) in [5.41, 5.74) is 2.11. The van der Waals surface area contributed by atoms with E-state index in [1.54, 1.807) is 0 Å². The fourth-order valence-corrected chi connectivity index (χ4v) is 2.36. The predicted molar refractivity (Wildman–Crippen MR) is 70.4 cm³/mol. The zero-order chi connectivity index (χ0) is 13.2. The maximum Gasteiger partial charge on any atom is 0.247 e. The molecule has 1 atom stereocenters. The molecule has 1 aromatic carbocycles. The molecule has 0 radical (unpaired) electrons. The van der Waals surface area contributed by atoms with Crippen LogP contribution in [0.1, 0.15) is 17.9 Å². The highest BCUT2D eigenvalue weighted by molar-refractivity contribution is 5.53. The molecule has 3 rings (SSSR count). The Balaban J connectivity index is 1.73. The molecule has 0 bridgehead atoms. The molecule has 0 saturated carbocycles. The van der Waals surface area contributed by atoms with Gasteiger partial charge in [0.15, 0.2) is 0 Å². The molecule has 1 aliphatic rings. The molecule has 0 aliphatic carbocycles. The molecular weight excluding hydrogens is 242 g/mol. The highest BCUT2D eigenvalue weighted by Crippen LogP contribution is 2.20. The Morgan fingerprint density at radius 3 is 3.05 bits per heavy atom. The van der Waals surface area contributed by atoms with Gasteiger partial charge in [-0.3, -0.25) is 4.90 Å². The molecule has 1 saturated heterocycles. The summed E-state index contributed by atoms with van der Waals surface area (Å²) in [6.45, 7) is 4.20. The van der Waals surface area contributed by atoms with Gasteiger partial charge in [0.2, 0.25) is 11.8 Å². The van der Waals surface area contributed by atoms with Crippen molar-refractivity contribution in [1.82, 2.24) is 15.1 Å². The van der Waals surface area contributed by atoms with Crippen LogP contribution in [0.4, 0.5) is 0 Å². The van der Waals surface area contributed by atoms with Crippen molar-refractivity contribution < 1.29 is 9.52 Å². The van der Waals surface area contributed by atoms with Crippen molar-refractivity contribution in [3.8, 4) is 11.5 Å². The lowest BCUT2D eigenvalue weighted by atomic mass is 10.1. The first-order valence-electron chi connectivity index (χ1n) is 6.50. The Morgan fingerprint density at radius 1 is 1.42 bits per heavy atom. The summed E-state index contributed by atoms with van der Waals surface area (Å²) in [5, 5.41) is 17.6. The number of β-amino-alcohol motifs (C(OH)–C–C–N with tert-alkyl or cyclic N) is 1. The Labute approximate surface area is 111 Å². The Morgan fingerprint density at radius 2 is 2.32 bits per heavy atom. The molecule has 0 unspecified atom stereocenters. The van der Waals surface area contributed by atoms with Gasteiger partial charge in [-0.15, -0.1) is 10.2 Å². The van der Waals surface area contributed by atoms with Crippen molar-refractivity contribution in [1.29, 1.82) is 0 Å². The van der Waals surface area contributed by atoms with Crippen LogP contribution in [0.15, 0.2) is 28.7 Å². The topological polar surface area (TPSA) is 62.4 Å². The van der Waals surface area contributed by atoms with Crippen LogP contribution >= 0.6 is 0 Å². The van der Waals surface area contributed by atoms with E-state index in [2.05, 4.69) is 15.1 Å². The van der Waals surface area contributed by atoms with Crippen molar-refractivity contribution >= 4 is 0 Å². The number of nitrogens with zero attached hydrogens (tertiary/aromatic N) is 3. The minimum Gasteiger partial charge on any atom is -0.419 e. The molecule has 1 aliphatic heterocycles. The largest absolute Gasteiger partial charge is 0.419 e. The summed E-state index contributed by atoms with van der Waals surface area (Å²) in [6.07, 6.45) is 0.595. The fourth-order valence-electron chi connectivity index (χ4n) is 2.36. The van der Waals surface area contributed by atoms with Crippen LogP contribution in [0, 0.1) is 6.92 Å². The van der Waals surface area contributed by atoms with Crippen molar-refractivity contribution in [3.05, 3.63) is 35.7 Å². The second kappa shape index (κ2) is 5.11. The van der Waals surface area contributed by atoms with Gasteiger partial charge in [0.25, 0.3) is 0 Å². The second-order valence-corrected chi connectivity index (χ2v) is 5.05. The summed E-state index contributed by atoms with van der Waals surface area (Å²) in [4.78, 5) is 2.12. The molecule has 100 valence electrons. The molecule has 2 aromatic rings. The van der Waals surface area contributed by atoms with Crippen LogP contribution in [0.5, 0.6) is 0 Å². The SMILES string of the molecule is Cc1cccc(-c2nnc(CN3CC[C@@H](O)C3)o2)c1. The number of benzene rings is 1. The van der Waals surface area contributed by atoms with E-state index in [1.807, 2.05) is 31.2 Å². The fraction of sp³-hybridized carbons (Fsp3) is 0.429. The maximum atomic E-state index is 9.48. The minimum absolute atomic E-state index is 0.223. The number of rotatable bonds is 3. The number of aliphatic hydroxyl groups excluding tert-OH is 1. The van der Waals surface area contributed by atoms with Gasteiger partial charge < -0.3 is 9.52 Å². The summed E-state index contributed by atoms with van der Waals surface area (Å²) < 4.78 is 5.68. The van der Waals surface area contributed by atoms with Gasteiger partial charge in [0.1, 0.15) is 0 Å². The van der Waals surface area contributed by atoms with Gasteiger partial charge in [-0.05, 0) is 25.5 Å². The molecular formula is C14H17N3O2. The van der Waals surface area contributed by atoms with Crippen LogP contribution < -0.4 is 0 Å². The summed E-state index contributed by atoms with van der Waals surface area (Å²) in [7, 11) is 0. The molecule has 19 heavy (non-hydrogen) atoms. The van der Waals surface area contributed by atoms with Crippen molar-refractivity contribution in [2.45, 2.75) is 26.0 Å². The Bertz CT molecular complexity index is 567. The van der Waals surface area contributed by atoms with E-state index < -0.39 is 0 Å². The van der Waals surface area contributed by atoms with Crippen molar-refractivity contribution in [2.24, 2.45) is 0 Å². The lowest BCUT2D eigenvalue weighted by molar-refractivity contribution is 0.171. The van der Waals surface area contributed by atoms with Crippen molar-refractivity contribution in [2.75, 3.05) is 13.1 Å². The number of aliphatic hydroxyl groups is 1. The van der Waals surface area contributed by atoms with E-state index in [-0.39, 0.29) is 6.10 Å². The van der Waals surface area contributed by atoms with Gasteiger partial charge in [-0.1, -0.05) is 17.7 Å². The molecule has 1 aromatic heterocycles. The van der Waals surface area contributed by atoms with Crippen molar-refractivity contribution in [3.63, 3.8) is 0 Å². The second-order valence-electron chi connectivity index (χ2n) is 5.05. The average Bonchev–Trinajstić information content (AvgIpc) is 2.99. The number of aromatic nitrogens is 2. The molecule has 2 heterocycles. The third kappa shape index (κ3) is 2.83. The molecule has 1 fully saturated rings. The first-order chi connectivity index (χ1) is 9.20. The van der Waals surface area contributed by atoms with Crippen LogP contribution in [0.25, 0.3) is 11.5 Å². The van der Waals surface area contributed by atoms with Crippen LogP contribution in [0.3, 0.4) is 0 Å². The Kier molecular flexibility index (Phi) is 3.31. The van der Waals surface area contributed by atoms with Gasteiger partial charge >= 0.3 is 0 Å². The van der Waals surface area contributed by atoms with E-state index in [1.165, 1.54) is 5.56 Å². The quantitative estimate of drug-likeness (QED) is 0.907. The smallest absolute Gasteiger partial charge is 0.247 e. The molecule has 5 heteroatoms. The predicted octanol–water partition coefficient (Wildman–Crippen LogP) is 1.61. The number of aryl methyl sites for hydroxylation is 1. The van der Waals surface area contributed by atoms with Crippen LogP contribution in [-0.4, -0.2) is 39.4 Å². The summed E-state index contributed by atoms with van der Waals surface area (Å²) in [6, 6.07) is 8.00. The third-order valence-electron chi connectivity index (χ3n) is 3.34. The number of likely N-dealkylation sites (tertiary alicyclic amines) is 1. The van der Waals surface area contributed by atoms with Gasteiger partial charge in [0.05, 0.1) is 12.6 Å².